The van der Waals surface area contributed by atoms with E-state index in [4.69, 9.17) is 12.2 Å². The van der Waals surface area contributed by atoms with Crippen LogP contribution in [0.4, 0.5) is 18.9 Å². The molecule has 1 amide bonds. The van der Waals surface area contributed by atoms with Gasteiger partial charge < -0.3 is 15.2 Å². The minimum absolute atomic E-state index is 0.0752. The number of anilines is 1. The summed E-state index contributed by atoms with van der Waals surface area (Å²) in [6, 6.07) is 11.4. The van der Waals surface area contributed by atoms with E-state index in [2.05, 4.69) is 15.4 Å². The predicted octanol–water partition coefficient (Wildman–Crippen LogP) is 3.04. The second kappa shape index (κ2) is 8.58. The smallest absolute Gasteiger partial charge is 0.432 e. The fourth-order valence-corrected chi connectivity index (χ4v) is 2.69. The number of carbonyl (C=O) groups is 2. The van der Waals surface area contributed by atoms with Gasteiger partial charge in [0, 0.05) is 16.8 Å². The Morgan fingerprint density at radius 2 is 1.72 bits per heavy atom. The zero-order valence-corrected chi connectivity index (χ0v) is 16.1. The molecule has 3 N–H and O–H groups in total. The molecule has 2 aromatic rings. The molecule has 1 unspecified atom stereocenters. The molecular formula is C19H17F3N2O4S. The van der Waals surface area contributed by atoms with Crippen molar-refractivity contribution in [2.75, 3.05) is 12.4 Å². The number of amides is 1. The van der Waals surface area contributed by atoms with Crippen molar-refractivity contribution in [2.45, 2.75) is 18.7 Å². The third kappa shape index (κ3) is 4.72. The number of benzene rings is 2. The summed E-state index contributed by atoms with van der Waals surface area (Å²) in [5.41, 5.74) is -3.63. The lowest BCUT2D eigenvalue weighted by atomic mass is 9.91. The molecule has 0 saturated carbocycles. The van der Waals surface area contributed by atoms with E-state index in [1.807, 2.05) is 0 Å². The van der Waals surface area contributed by atoms with Gasteiger partial charge in [0.1, 0.15) is 0 Å². The van der Waals surface area contributed by atoms with Crippen molar-refractivity contribution in [3.05, 3.63) is 65.2 Å². The monoisotopic (exact) mass is 426 g/mol. The highest BCUT2D eigenvalue weighted by molar-refractivity contribution is 7.80. The average Bonchev–Trinajstić information content (AvgIpc) is 2.67. The number of aryl methyl sites for hydroxylation is 1. The summed E-state index contributed by atoms with van der Waals surface area (Å²) in [7, 11) is 0.746. The molecule has 6 nitrogen and oxygen atoms in total. The van der Waals surface area contributed by atoms with E-state index in [-0.39, 0.29) is 16.4 Å². The molecule has 0 radical (unpaired) electrons. The molecule has 2 aromatic carbocycles. The summed E-state index contributed by atoms with van der Waals surface area (Å²) in [6.07, 6.45) is -5.29. The van der Waals surface area contributed by atoms with Gasteiger partial charge in [-0.2, -0.15) is 13.2 Å². The Hall–Kier alpha value is -2.98. The normalized spacial score (nSPS) is 13.2. The maximum Gasteiger partial charge on any atom is 0.432 e. The molecule has 0 aliphatic heterocycles. The van der Waals surface area contributed by atoms with Gasteiger partial charge in [0.25, 0.3) is 11.5 Å². The van der Waals surface area contributed by atoms with Gasteiger partial charge in [-0.25, -0.2) is 4.79 Å². The summed E-state index contributed by atoms with van der Waals surface area (Å²) in [5.74, 6) is -2.31. The Morgan fingerprint density at radius 1 is 1.10 bits per heavy atom. The fraction of sp³-hybridized carbons (Fsp3) is 0.211. The van der Waals surface area contributed by atoms with Crippen LogP contribution in [0.15, 0.2) is 48.5 Å². The molecule has 10 heteroatoms. The Kier molecular flexibility index (Phi) is 6.60. The number of carbonyl (C=O) groups excluding carboxylic acids is 2. The van der Waals surface area contributed by atoms with Crippen LogP contribution in [0, 0.1) is 6.92 Å². The molecule has 0 heterocycles. The van der Waals surface area contributed by atoms with E-state index in [9.17, 15) is 27.9 Å². The first-order valence-electron chi connectivity index (χ1n) is 8.16. The number of rotatable bonds is 4. The van der Waals surface area contributed by atoms with Crippen LogP contribution < -0.4 is 10.6 Å². The lowest BCUT2D eigenvalue weighted by molar-refractivity contribution is -0.266. The highest BCUT2D eigenvalue weighted by Gasteiger charge is 2.62. The van der Waals surface area contributed by atoms with Crippen molar-refractivity contribution in [1.29, 1.82) is 0 Å². The molecule has 0 saturated heterocycles. The number of halogens is 3. The van der Waals surface area contributed by atoms with E-state index in [0.29, 0.717) is 5.56 Å². The minimum atomic E-state index is -5.29. The molecular weight excluding hydrogens is 409 g/mol. The summed E-state index contributed by atoms with van der Waals surface area (Å²) < 4.78 is 44.1. The van der Waals surface area contributed by atoms with Crippen LogP contribution in [-0.2, 0) is 15.1 Å². The van der Waals surface area contributed by atoms with Crippen molar-refractivity contribution in [3.63, 3.8) is 0 Å². The SMILES string of the molecule is COC(=O)C(O)(c1ccc(NC(=S)NC(=O)c2ccccc2)c(C)c1)C(F)(F)F. The highest BCUT2D eigenvalue weighted by Crippen LogP contribution is 2.40. The Balaban J connectivity index is 2.22. The van der Waals surface area contributed by atoms with Gasteiger partial charge in [-0.05, 0) is 42.9 Å². The second-order valence-corrected chi connectivity index (χ2v) is 6.41. The summed E-state index contributed by atoms with van der Waals surface area (Å²) in [6.45, 7) is 1.45. The number of hydrogen-bond donors (Lipinski definition) is 3. The predicted molar refractivity (Wildman–Crippen MR) is 103 cm³/mol. The van der Waals surface area contributed by atoms with Gasteiger partial charge in [-0.3, -0.25) is 10.1 Å². The first-order chi connectivity index (χ1) is 13.5. The zero-order chi connectivity index (χ0) is 21.8. The molecule has 29 heavy (non-hydrogen) atoms. The van der Waals surface area contributed by atoms with Gasteiger partial charge in [0.2, 0.25) is 0 Å². The van der Waals surface area contributed by atoms with E-state index in [1.165, 1.54) is 13.0 Å². The topological polar surface area (TPSA) is 87.7 Å². The lowest BCUT2D eigenvalue weighted by Gasteiger charge is -2.28. The summed E-state index contributed by atoms with van der Waals surface area (Å²) >= 11 is 5.05. The minimum Gasteiger partial charge on any atom is -0.466 e. The standard InChI is InChI=1S/C19H17F3N2O4S/c1-11-10-13(18(27,16(26)28-2)19(20,21)22)8-9-14(11)23-17(29)24-15(25)12-6-4-3-5-7-12/h3-10,27H,1-2H3,(H2,23,24,25,29). The number of esters is 1. The average molecular weight is 426 g/mol. The van der Waals surface area contributed by atoms with Crippen molar-refractivity contribution in [3.8, 4) is 0 Å². The number of thiocarbonyl (C=S) groups is 1. The number of nitrogens with one attached hydrogen (secondary N) is 2. The van der Waals surface area contributed by atoms with Crippen LogP contribution >= 0.6 is 12.2 Å². The van der Waals surface area contributed by atoms with Crippen LogP contribution in [-0.4, -0.2) is 35.4 Å². The van der Waals surface area contributed by atoms with E-state index in [1.54, 1.807) is 30.3 Å². The molecule has 0 aliphatic carbocycles. The largest absolute Gasteiger partial charge is 0.466 e. The Bertz CT molecular complexity index is 935. The maximum atomic E-state index is 13.3. The van der Waals surface area contributed by atoms with Crippen molar-refractivity contribution in [1.82, 2.24) is 5.32 Å². The second-order valence-electron chi connectivity index (χ2n) is 6.00. The van der Waals surface area contributed by atoms with Gasteiger partial charge in [-0.15, -0.1) is 0 Å². The molecule has 2 rings (SSSR count). The molecule has 0 bridgehead atoms. The summed E-state index contributed by atoms with van der Waals surface area (Å²) in [5, 5.41) is 15.1. The van der Waals surface area contributed by atoms with Crippen molar-refractivity contribution >= 4 is 34.9 Å². The third-order valence-corrected chi connectivity index (χ3v) is 4.25. The molecule has 1 atom stereocenters. The van der Waals surface area contributed by atoms with Crippen LogP contribution in [0.5, 0.6) is 0 Å². The maximum absolute atomic E-state index is 13.3. The van der Waals surface area contributed by atoms with Crippen molar-refractivity contribution in [2.24, 2.45) is 0 Å². The van der Waals surface area contributed by atoms with Gasteiger partial charge in [-0.1, -0.05) is 30.3 Å². The van der Waals surface area contributed by atoms with Gasteiger partial charge in [0.05, 0.1) is 7.11 Å². The first kappa shape index (κ1) is 22.3. The number of methoxy groups -OCH3 is 1. The van der Waals surface area contributed by atoms with Crippen molar-refractivity contribution < 1.29 is 32.6 Å². The van der Waals surface area contributed by atoms with E-state index < -0.39 is 29.2 Å². The summed E-state index contributed by atoms with van der Waals surface area (Å²) in [4.78, 5) is 23.7. The van der Waals surface area contributed by atoms with Crippen LogP contribution in [0.1, 0.15) is 21.5 Å². The molecule has 154 valence electrons. The quantitative estimate of drug-likeness (QED) is 0.515. The number of aliphatic hydroxyl groups is 1. The van der Waals surface area contributed by atoms with Crippen LogP contribution in [0.25, 0.3) is 0 Å². The molecule has 0 aromatic heterocycles. The third-order valence-electron chi connectivity index (χ3n) is 4.05. The van der Waals surface area contributed by atoms with E-state index in [0.717, 1.165) is 19.2 Å². The van der Waals surface area contributed by atoms with Gasteiger partial charge >= 0.3 is 12.1 Å². The Morgan fingerprint density at radius 3 is 2.24 bits per heavy atom. The molecule has 0 spiro atoms. The van der Waals surface area contributed by atoms with Crippen LogP contribution in [0.3, 0.4) is 0 Å². The Labute approximate surface area is 169 Å². The van der Waals surface area contributed by atoms with Gasteiger partial charge in [0.15, 0.2) is 5.11 Å². The highest BCUT2D eigenvalue weighted by atomic mass is 32.1. The zero-order valence-electron chi connectivity index (χ0n) is 15.3. The fourth-order valence-electron chi connectivity index (χ4n) is 2.49. The molecule has 0 aliphatic rings. The lowest BCUT2D eigenvalue weighted by Crippen LogP contribution is -2.49. The number of ether oxygens (including phenoxy) is 1. The number of hydrogen-bond acceptors (Lipinski definition) is 5. The first-order valence-corrected chi connectivity index (χ1v) is 8.57. The van der Waals surface area contributed by atoms with Crippen LogP contribution in [0.2, 0.25) is 0 Å². The molecule has 0 fully saturated rings. The van der Waals surface area contributed by atoms with E-state index >= 15 is 0 Å². The number of alkyl halides is 3.